The zero-order chi connectivity index (χ0) is 15.6. The Balaban J connectivity index is 2.49. The molecule has 0 radical (unpaired) electrons. The molecule has 1 heterocycles. The molecule has 0 saturated carbocycles. The van der Waals surface area contributed by atoms with Crippen LogP contribution < -0.4 is 4.90 Å². The Morgan fingerprint density at radius 3 is 2.43 bits per heavy atom. The average Bonchev–Trinajstić information content (AvgIpc) is 2.99. The molecule has 1 aromatic rings. The van der Waals surface area contributed by atoms with Crippen LogP contribution in [-0.4, -0.2) is 45.0 Å². The minimum absolute atomic E-state index is 0.234. The average molecular weight is 312 g/mol. The van der Waals surface area contributed by atoms with Gasteiger partial charge in [-0.25, -0.2) is 12.7 Å². The minimum Gasteiger partial charge on any atom is -0.388 e. The quantitative estimate of drug-likeness (QED) is 0.903. The molecule has 118 valence electrons. The maximum absolute atomic E-state index is 12.3. The zero-order valence-corrected chi connectivity index (χ0v) is 13.7. The van der Waals surface area contributed by atoms with E-state index in [1.165, 1.54) is 18.4 Å². The first kappa shape index (κ1) is 16.3. The highest BCUT2D eigenvalue weighted by Gasteiger charge is 2.23. The van der Waals surface area contributed by atoms with Crippen molar-refractivity contribution in [2.75, 3.05) is 32.1 Å². The number of benzene rings is 1. The van der Waals surface area contributed by atoms with Gasteiger partial charge in [0.2, 0.25) is 10.0 Å². The van der Waals surface area contributed by atoms with Gasteiger partial charge in [-0.05, 0) is 37.5 Å². The maximum Gasteiger partial charge on any atom is 0.242 e. The highest BCUT2D eigenvalue weighted by atomic mass is 32.2. The smallest absolute Gasteiger partial charge is 0.242 e. The van der Waals surface area contributed by atoms with Crippen LogP contribution in [0.3, 0.4) is 0 Å². The minimum atomic E-state index is -3.48. The highest BCUT2D eigenvalue weighted by molar-refractivity contribution is 7.89. The van der Waals surface area contributed by atoms with E-state index < -0.39 is 16.1 Å². The summed E-state index contributed by atoms with van der Waals surface area (Å²) < 4.78 is 25.7. The lowest BCUT2D eigenvalue weighted by molar-refractivity contribution is 0.174. The van der Waals surface area contributed by atoms with Crippen LogP contribution in [0.4, 0.5) is 5.69 Å². The predicted molar refractivity (Wildman–Crippen MR) is 84.0 cm³/mol. The number of sulfonamides is 1. The molecule has 1 atom stereocenters. The Morgan fingerprint density at radius 1 is 1.29 bits per heavy atom. The van der Waals surface area contributed by atoms with Crippen molar-refractivity contribution in [1.29, 1.82) is 0 Å². The molecule has 2 rings (SSSR count). The van der Waals surface area contributed by atoms with Crippen LogP contribution in [0.25, 0.3) is 0 Å². The summed E-state index contributed by atoms with van der Waals surface area (Å²) in [6.07, 6.45) is 2.20. The van der Waals surface area contributed by atoms with Crippen LogP contribution in [0.2, 0.25) is 0 Å². The molecule has 1 N–H and O–H groups in total. The number of nitrogens with zero attached hydrogens (tertiary/aromatic N) is 2. The second kappa shape index (κ2) is 6.34. The first-order valence-corrected chi connectivity index (χ1v) is 8.81. The second-order valence-electron chi connectivity index (χ2n) is 5.63. The van der Waals surface area contributed by atoms with Gasteiger partial charge in [-0.1, -0.05) is 6.92 Å². The third-order valence-electron chi connectivity index (χ3n) is 3.97. The van der Waals surface area contributed by atoms with E-state index in [2.05, 4.69) is 4.90 Å². The summed E-state index contributed by atoms with van der Waals surface area (Å²) in [5, 5.41) is 10.3. The number of rotatable bonds is 5. The number of anilines is 1. The summed E-state index contributed by atoms with van der Waals surface area (Å²) in [7, 11) is -0.451. The van der Waals surface area contributed by atoms with Crippen molar-refractivity contribution in [2.45, 2.75) is 37.2 Å². The van der Waals surface area contributed by atoms with Crippen molar-refractivity contribution in [2.24, 2.45) is 0 Å². The fourth-order valence-electron chi connectivity index (χ4n) is 2.64. The van der Waals surface area contributed by atoms with Gasteiger partial charge >= 0.3 is 0 Å². The fraction of sp³-hybridized carbons (Fsp3) is 0.600. The summed E-state index contributed by atoms with van der Waals surface area (Å²) in [5.74, 6) is 0. The highest BCUT2D eigenvalue weighted by Crippen LogP contribution is 2.33. The molecular formula is C15H24N2O3S. The van der Waals surface area contributed by atoms with E-state index in [1.807, 2.05) is 13.0 Å². The van der Waals surface area contributed by atoms with Crippen LogP contribution in [0.1, 0.15) is 37.9 Å². The van der Waals surface area contributed by atoms with Crippen LogP contribution in [-0.2, 0) is 10.0 Å². The van der Waals surface area contributed by atoms with E-state index >= 15 is 0 Å². The standard InChI is InChI=1S/C15H24N2O3S/c1-4-15(18)13-11-12(21(19,20)16(2)3)7-8-14(13)17-9-5-6-10-17/h7-8,11,15,18H,4-6,9-10H2,1-3H3. The number of hydrogen-bond acceptors (Lipinski definition) is 4. The van der Waals surface area contributed by atoms with Crippen molar-refractivity contribution in [3.05, 3.63) is 23.8 Å². The molecular weight excluding hydrogens is 288 g/mol. The summed E-state index contributed by atoms with van der Waals surface area (Å²) in [6, 6.07) is 5.09. The van der Waals surface area contributed by atoms with Crippen LogP contribution in [0.5, 0.6) is 0 Å². The van der Waals surface area contributed by atoms with Gasteiger partial charge in [0.1, 0.15) is 0 Å². The molecule has 0 aliphatic carbocycles. The van der Waals surface area contributed by atoms with Crippen molar-refractivity contribution >= 4 is 15.7 Å². The van der Waals surface area contributed by atoms with Crippen LogP contribution in [0.15, 0.2) is 23.1 Å². The first-order valence-electron chi connectivity index (χ1n) is 7.37. The molecule has 1 aliphatic heterocycles. The van der Waals surface area contributed by atoms with Crippen LogP contribution >= 0.6 is 0 Å². The molecule has 0 spiro atoms. The Hall–Kier alpha value is -1.11. The summed E-state index contributed by atoms with van der Waals surface area (Å²) in [6.45, 7) is 3.82. The van der Waals surface area contributed by atoms with Gasteiger partial charge in [-0.3, -0.25) is 0 Å². The van der Waals surface area contributed by atoms with Gasteiger partial charge in [0.15, 0.2) is 0 Å². The topological polar surface area (TPSA) is 60.9 Å². The van der Waals surface area contributed by atoms with Gasteiger partial charge < -0.3 is 10.0 Å². The van der Waals surface area contributed by atoms with E-state index in [9.17, 15) is 13.5 Å². The molecule has 1 aromatic carbocycles. The van der Waals surface area contributed by atoms with E-state index in [1.54, 1.807) is 12.1 Å². The Morgan fingerprint density at radius 2 is 1.90 bits per heavy atom. The number of aliphatic hydroxyl groups is 1. The van der Waals surface area contributed by atoms with Gasteiger partial charge in [0.05, 0.1) is 11.0 Å². The van der Waals surface area contributed by atoms with Gasteiger partial charge in [-0.2, -0.15) is 0 Å². The van der Waals surface area contributed by atoms with E-state index in [0.29, 0.717) is 12.0 Å². The molecule has 21 heavy (non-hydrogen) atoms. The molecule has 0 aromatic heterocycles. The van der Waals surface area contributed by atoms with Crippen LogP contribution in [0, 0.1) is 0 Å². The fourth-order valence-corrected chi connectivity index (χ4v) is 3.57. The molecule has 0 bridgehead atoms. The molecule has 1 unspecified atom stereocenters. The largest absolute Gasteiger partial charge is 0.388 e. The van der Waals surface area contributed by atoms with Crippen molar-refractivity contribution in [3.63, 3.8) is 0 Å². The molecule has 5 nitrogen and oxygen atoms in total. The summed E-state index contributed by atoms with van der Waals surface area (Å²) >= 11 is 0. The number of hydrogen-bond donors (Lipinski definition) is 1. The van der Waals surface area contributed by atoms with Gasteiger partial charge in [0.25, 0.3) is 0 Å². The molecule has 6 heteroatoms. The Bertz CT molecular complexity index is 593. The van der Waals surface area contributed by atoms with E-state index in [-0.39, 0.29) is 4.90 Å². The van der Waals surface area contributed by atoms with Crippen molar-refractivity contribution in [1.82, 2.24) is 4.31 Å². The van der Waals surface area contributed by atoms with E-state index in [4.69, 9.17) is 0 Å². The second-order valence-corrected chi connectivity index (χ2v) is 7.78. The Kier molecular flexibility index (Phi) is 4.91. The monoisotopic (exact) mass is 312 g/mol. The van der Waals surface area contributed by atoms with Gasteiger partial charge in [-0.15, -0.1) is 0 Å². The van der Waals surface area contributed by atoms with Crippen molar-refractivity contribution in [3.8, 4) is 0 Å². The third kappa shape index (κ3) is 3.22. The summed E-state index contributed by atoms with van der Waals surface area (Å²) in [4.78, 5) is 2.46. The lowest BCUT2D eigenvalue weighted by Crippen LogP contribution is -2.24. The van der Waals surface area contributed by atoms with Gasteiger partial charge in [0, 0.05) is 38.4 Å². The summed E-state index contributed by atoms with van der Waals surface area (Å²) in [5.41, 5.74) is 1.67. The molecule has 0 amide bonds. The first-order chi connectivity index (χ1) is 9.87. The predicted octanol–water partition coefficient (Wildman–Crippen LogP) is 1.98. The third-order valence-corrected chi connectivity index (χ3v) is 5.78. The molecule has 1 saturated heterocycles. The SMILES string of the molecule is CCC(O)c1cc(S(=O)(=O)N(C)C)ccc1N1CCCC1. The normalized spacial score (nSPS) is 17.5. The Labute approximate surface area is 127 Å². The van der Waals surface area contributed by atoms with E-state index in [0.717, 1.165) is 31.6 Å². The van der Waals surface area contributed by atoms with Crippen molar-refractivity contribution < 1.29 is 13.5 Å². The number of aliphatic hydroxyl groups excluding tert-OH is 1. The molecule has 1 fully saturated rings. The maximum atomic E-state index is 12.3. The lowest BCUT2D eigenvalue weighted by Gasteiger charge is -2.24. The lowest BCUT2D eigenvalue weighted by atomic mass is 10.0. The zero-order valence-electron chi connectivity index (χ0n) is 12.9. The molecule has 1 aliphatic rings.